The van der Waals surface area contributed by atoms with Gasteiger partial charge >= 0.3 is 5.97 Å². The van der Waals surface area contributed by atoms with E-state index in [1.54, 1.807) is 24.3 Å². The molecule has 1 aliphatic rings. The van der Waals surface area contributed by atoms with E-state index in [9.17, 15) is 9.90 Å². The second-order valence-corrected chi connectivity index (χ2v) is 7.95. The summed E-state index contributed by atoms with van der Waals surface area (Å²) in [5, 5.41) is 9.61. The summed E-state index contributed by atoms with van der Waals surface area (Å²) < 4.78 is 11.7. The van der Waals surface area contributed by atoms with Gasteiger partial charge in [-0.25, -0.2) is 14.8 Å². The van der Waals surface area contributed by atoms with Gasteiger partial charge in [0.1, 0.15) is 29.4 Å². The van der Waals surface area contributed by atoms with Crippen molar-refractivity contribution >= 4 is 11.9 Å². The van der Waals surface area contributed by atoms with Crippen molar-refractivity contribution in [1.82, 2.24) is 9.97 Å². The molecule has 170 valence electrons. The van der Waals surface area contributed by atoms with Gasteiger partial charge < -0.3 is 19.5 Å². The number of hydrogen-bond donors (Lipinski definition) is 1. The average Bonchev–Trinajstić information content (AvgIpc) is 2.88. The molecule has 34 heavy (non-hydrogen) atoms. The first-order valence-corrected chi connectivity index (χ1v) is 11.0. The minimum atomic E-state index is -1.08. The Labute approximate surface area is 197 Å². The number of nitrogens with zero attached hydrogens (tertiary/aromatic N) is 3. The lowest BCUT2D eigenvalue weighted by molar-refractivity contribution is 0.0692. The lowest BCUT2D eigenvalue weighted by Gasteiger charge is -2.29. The van der Waals surface area contributed by atoms with Gasteiger partial charge in [0.25, 0.3) is 0 Å². The molecule has 0 radical (unpaired) electrons. The Hall–Kier alpha value is -4.39. The molecule has 0 saturated carbocycles. The monoisotopic (exact) mass is 453 g/mol. The van der Waals surface area contributed by atoms with Crippen LogP contribution in [0.15, 0.2) is 85.1 Å². The lowest BCUT2D eigenvalue weighted by atomic mass is 10.0. The molecule has 5 rings (SSSR count). The van der Waals surface area contributed by atoms with E-state index < -0.39 is 5.97 Å². The fourth-order valence-electron chi connectivity index (χ4n) is 3.89. The van der Waals surface area contributed by atoms with E-state index in [4.69, 9.17) is 9.47 Å². The quantitative estimate of drug-likeness (QED) is 0.416. The fraction of sp³-hybridized carbons (Fsp3) is 0.148. The molecule has 0 spiro atoms. The van der Waals surface area contributed by atoms with Crippen molar-refractivity contribution in [3.05, 3.63) is 107 Å². The van der Waals surface area contributed by atoms with Crippen LogP contribution in [0.5, 0.6) is 17.2 Å². The highest BCUT2D eigenvalue weighted by molar-refractivity contribution is 5.88. The molecule has 4 aromatic rings. The van der Waals surface area contributed by atoms with E-state index in [2.05, 4.69) is 27.0 Å². The molecule has 0 atom stereocenters. The molecule has 1 aliphatic heterocycles. The average molecular weight is 453 g/mol. The Morgan fingerprint density at radius 1 is 0.882 bits per heavy atom. The normalized spacial score (nSPS) is 12.6. The van der Waals surface area contributed by atoms with E-state index in [-0.39, 0.29) is 12.2 Å². The molecule has 7 nitrogen and oxygen atoms in total. The number of ether oxygens (including phenoxy) is 2. The summed E-state index contributed by atoms with van der Waals surface area (Å²) in [6, 6.07) is 25.0. The molecule has 1 aromatic heterocycles. The first kappa shape index (κ1) is 21.5. The number of rotatable bonds is 7. The van der Waals surface area contributed by atoms with E-state index >= 15 is 0 Å². The van der Waals surface area contributed by atoms with Crippen LogP contribution in [0.3, 0.4) is 0 Å². The number of fused-ring (bicyclic) bond motifs is 1. The van der Waals surface area contributed by atoms with Crippen LogP contribution in [0.25, 0.3) is 0 Å². The highest BCUT2D eigenvalue weighted by atomic mass is 16.5. The second kappa shape index (κ2) is 9.62. The summed E-state index contributed by atoms with van der Waals surface area (Å²) >= 11 is 0. The summed E-state index contributed by atoms with van der Waals surface area (Å²) in [7, 11) is 0. The summed E-state index contributed by atoms with van der Waals surface area (Å²) in [5.41, 5.74) is 2.92. The number of aromatic nitrogens is 2. The van der Waals surface area contributed by atoms with Gasteiger partial charge in [0.2, 0.25) is 5.95 Å². The van der Waals surface area contributed by atoms with Crippen molar-refractivity contribution in [2.75, 3.05) is 11.4 Å². The van der Waals surface area contributed by atoms with Gasteiger partial charge in [-0.05, 0) is 53.9 Å². The highest BCUT2D eigenvalue weighted by Crippen LogP contribution is 2.25. The maximum Gasteiger partial charge on any atom is 0.339 e. The third kappa shape index (κ3) is 4.83. The minimum Gasteiger partial charge on any atom is -0.487 e. The number of aromatic carboxylic acids is 1. The van der Waals surface area contributed by atoms with Crippen LogP contribution in [-0.4, -0.2) is 27.6 Å². The van der Waals surface area contributed by atoms with Gasteiger partial charge in [-0.3, -0.25) is 0 Å². The maximum atomic E-state index is 11.7. The molecule has 0 fully saturated rings. The maximum absolute atomic E-state index is 11.7. The molecule has 0 saturated heterocycles. The molecule has 7 heteroatoms. The number of carboxylic acid groups (broad SMARTS) is 1. The van der Waals surface area contributed by atoms with Crippen LogP contribution in [0.4, 0.5) is 5.95 Å². The third-order valence-corrected chi connectivity index (χ3v) is 5.68. The molecule has 0 aliphatic carbocycles. The zero-order valence-corrected chi connectivity index (χ0v) is 18.4. The third-order valence-electron chi connectivity index (χ3n) is 5.68. The Balaban J connectivity index is 1.29. The van der Waals surface area contributed by atoms with Gasteiger partial charge in [0.05, 0.1) is 5.69 Å². The number of benzene rings is 3. The van der Waals surface area contributed by atoms with Gasteiger partial charge in [-0.1, -0.05) is 42.5 Å². The first-order valence-electron chi connectivity index (χ1n) is 11.0. The SMILES string of the molecule is O=C(O)c1cnc(N2CCc3ccccc3C2)nc1COc1ccc(Oc2ccccc2)cc1. The minimum absolute atomic E-state index is 0.0144. The van der Waals surface area contributed by atoms with Crippen LogP contribution in [-0.2, 0) is 19.6 Å². The van der Waals surface area contributed by atoms with Crippen LogP contribution in [0, 0.1) is 0 Å². The van der Waals surface area contributed by atoms with Gasteiger partial charge in [-0.2, -0.15) is 0 Å². The molecular formula is C27H23N3O4. The largest absolute Gasteiger partial charge is 0.487 e. The molecule has 0 unspecified atom stereocenters. The molecule has 0 bridgehead atoms. The summed E-state index contributed by atoms with van der Waals surface area (Å²) in [6.45, 7) is 1.47. The zero-order valence-electron chi connectivity index (χ0n) is 18.4. The van der Waals surface area contributed by atoms with E-state index in [1.165, 1.54) is 17.3 Å². The topological polar surface area (TPSA) is 84.8 Å². The van der Waals surface area contributed by atoms with Crippen molar-refractivity contribution in [1.29, 1.82) is 0 Å². The summed E-state index contributed by atoms with van der Waals surface area (Å²) in [6.07, 6.45) is 2.25. The molecular weight excluding hydrogens is 430 g/mol. The van der Waals surface area contributed by atoms with Crippen molar-refractivity contribution in [3.63, 3.8) is 0 Å². The van der Waals surface area contributed by atoms with Crippen LogP contribution in [0.1, 0.15) is 27.2 Å². The number of carbonyl (C=O) groups is 1. The highest BCUT2D eigenvalue weighted by Gasteiger charge is 2.21. The van der Waals surface area contributed by atoms with Gasteiger partial charge in [-0.15, -0.1) is 0 Å². The lowest BCUT2D eigenvalue weighted by Crippen LogP contribution is -2.32. The van der Waals surface area contributed by atoms with Crippen LogP contribution >= 0.6 is 0 Å². The number of hydrogen-bond acceptors (Lipinski definition) is 6. The van der Waals surface area contributed by atoms with E-state index in [0.29, 0.717) is 29.7 Å². The molecule has 3 aromatic carbocycles. The van der Waals surface area contributed by atoms with Gasteiger partial charge in [0, 0.05) is 19.3 Å². The van der Waals surface area contributed by atoms with Crippen LogP contribution in [0.2, 0.25) is 0 Å². The fourth-order valence-corrected chi connectivity index (χ4v) is 3.89. The smallest absolute Gasteiger partial charge is 0.339 e. The number of para-hydroxylation sites is 1. The van der Waals surface area contributed by atoms with Crippen molar-refractivity contribution in [3.8, 4) is 17.2 Å². The zero-order chi connectivity index (χ0) is 23.3. The molecule has 0 amide bonds. The molecule has 1 N–H and O–H groups in total. The van der Waals surface area contributed by atoms with E-state index in [0.717, 1.165) is 18.7 Å². The second-order valence-electron chi connectivity index (χ2n) is 7.95. The van der Waals surface area contributed by atoms with Crippen molar-refractivity contribution in [2.45, 2.75) is 19.6 Å². The Bertz CT molecular complexity index is 1290. The Morgan fingerprint density at radius 3 is 2.32 bits per heavy atom. The molecule has 2 heterocycles. The Kier molecular flexibility index (Phi) is 6.07. The summed E-state index contributed by atoms with van der Waals surface area (Å²) in [5.74, 6) is 1.44. The van der Waals surface area contributed by atoms with Crippen molar-refractivity contribution in [2.24, 2.45) is 0 Å². The predicted octanol–water partition coefficient (Wildman–Crippen LogP) is 5.11. The first-order chi connectivity index (χ1) is 16.7. The predicted molar refractivity (Wildman–Crippen MR) is 127 cm³/mol. The van der Waals surface area contributed by atoms with Gasteiger partial charge in [0.15, 0.2) is 0 Å². The number of anilines is 1. The number of carboxylic acids is 1. The Morgan fingerprint density at radius 2 is 1.56 bits per heavy atom. The summed E-state index contributed by atoms with van der Waals surface area (Å²) in [4.78, 5) is 22.7. The van der Waals surface area contributed by atoms with Crippen molar-refractivity contribution < 1.29 is 19.4 Å². The van der Waals surface area contributed by atoms with E-state index in [1.807, 2.05) is 42.5 Å². The standard InChI is InChI=1S/C27H23N3O4/c31-26(32)24-16-28-27(30-15-14-19-6-4-5-7-20(19)17-30)29-25(24)18-33-21-10-12-23(13-11-21)34-22-8-2-1-3-9-22/h1-13,16H,14-15,17-18H2,(H,31,32). The van der Waals surface area contributed by atoms with Crippen LogP contribution < -0.4 is 14.4 Å².